The second-order valence-corrected chi connectivity index (χ2v) is 10.3. The molecule has 1 aromatic carbocycles. The molecule has 0 aliphatic carbocycles. The van der Waals surface area contributed by atoms with Gasteiger partial charge in [-0.2, -0.15) is 0 Å². The van der Waals surface area contributed by atoms with Crippen molar-refractivity contribution in [1.82, 2.24) is 20.0 Å². The van der Waals surface area contributed by atoms with E-state index in [0.717, 1.165) is 5.56 Å². The van der Waals surface area contributed by atoms with Crippen LogP contribution in [0.3, 0.4) is 0 Å². The van der Waals surface area contributed by atoms with Crippen LogP contribution in [0.4, 0.5) is 0 Å². The van der Waals surface area contributed by atoms with Crippen LogP contribution in [0, 0.1) is 6.92 Å². The van der Waals surface area contributed by atoms with Crippen LogP contribution < -0.4 is 4.74 Å². The lowest BCUT2D eigenvalue weighted by Gasteiger charge is -2.43. The minimum absolute atomic E-state index is 0.0411. The van der Waals surface area contributed by atoms with Gasteiger partial charge in [-0.1, -0.05) is 25.4 Å². The average Bonchev–Trinajstić information content (AvgIpc) is 3.38. The molecule has 2 aliphatic heterocycles. The summed E-state index contributed by atoms with van der Waals surface area (Å²) < 4.78 is 23.3. The number of carbonyl (C=O) groups excluding carboxylic acids is 2. The first-order valence-corrected chi connectivity index (χ1v) is 13.1. The van der Waals surface area contributed by atoms with Crippen molar-refractivity contribution in [2.75, 3.05) is 52.6 Å². The lowest BCUT2D eigenvalue weighted by molar-refractivity contribution is -0.167. The number of nitrogens with zero attached hydrogens (tertiary/aromatic N) is 4. The van der Waals surface area contributed by atoms with Gasteiger partial charge in [0, 0.05) is 43.4 Å². The van der Waals surface area contributed by atoms with Crippen LogP contribution in [-0.4, -0.2) is 90.0 Å². The number of hydrogen-bond acceptors (Lipinski definition) is 8. The maximum atomic E-state index is 13.2. The van der Waals surface area contributed by atoms with Crippen molar-refractivity contribution in [3.8, 4) is 5.75 Å². The first-order valence-electron chi connectivity index (χ1n) is 12.7. The molecule has 202 valence electrons. The Bertz CT molecular complexity index is 1090. The van der Waals surface area contributed by atoms with Gasteiger partial charge in [0.15, 0.2) is 0 Å². The smallest absolute Gasteiger partial charge is 0.225 e. The Morgan fingerprint density at radius 1 is 1.11 bits per heavy atom. The van der Waals surface area contributed by atoms with E-state index in [0.29, 0.717) is 68.4 Å². The third kappa shape index (κ3) is 7.21. The van der Waals surface area contributed by atoms with Crippen molar-refractivity contribution >= 4 is 23.4 Å². The third-order valence-electron chi connectivity index (χ3n) is 6.60. The number of halogens is 1. The monoisotopic (exact) mass is 534 g/mol. The predicted octanol–water partition coefficient (Wildman–Crippen LogP) is 3.01. The van der Waals surface area contributed by atoms with Crippen LogP contribution in [0.5, 0.6) is 5.75 Å². The zero-order valence-corrected chi connectivity index (χ0v) is 22.5. The molecule has 2 aromatic rings. The highest BCUT2D eigenvalue weighted by molar-refractivity contribution is 6.31. The van der Waals surface area contributed by atoms with E-state index in [9.17, 15) is 9.59 Å². The Morgan fingerprint density at radius 2 is 1.86 bits per heavy atom. The number of carbonyl (C=O) groups is 2. The van der Waals surface area contributed by atoms with E-state index in [2.05, 4.69) is 10.2 Å². The summed E-state index contributed by atoms with van der Waals surface area (Å²) in [5.74, 6) is 1.66. The zero-order chi connectivity index (χ0) is 26.4. The molecule has 0 unspecified atom stereocenters. The fourth-order valence-electron chi connectivity index (χ4n) is 4.40. The van der Waals surface area contributed by atoms with Crippen molar-refractivity contribution in [3.63, 3.8) is 0 Å². The number of morpholine rings is 2. The van der Waals surface area contributed by atoms with Crippen LogP contribution in [-0.2, 0) is 25.5 Å². The van der Waals surface area contributed by atoms with Crippen molar-refractivity contribution in [1.29, 1.82) is 0 Å². The fourth-order valence-corrected chi connectivity index (χ4v) is 4.52. The summed E-state index contributed by atoms with van der Waals surface area (Å²) in [4.78, 5) is 29.9. The Balaban J connectivity index is 1.44. The molecule has 37 heavy (non-hydrogen) atoms. The van der Waals surface area contributed by atoms with E-state index in [1.54, 1.807) is 21.9 Å². The Hall–Kier alpha value is -2.69. The van der Waals surface area contributed by atoms with Crippen LogP contribution >= 0.6 is 11.6 Å². The Morgan fingerprint density at radius 3 is 2.57 bits per heavy atom. The topological polar surface area (TPSA) is 107 Å². The van der Waals surface area contributed by atoms with E-state index in [1.807, 2.05) is 26.8 Å². The van der Waals surface area contributed by atoms with Gasteiger partial charge in [-0.25, -0.2) is 0 Å². The molecule has 0 spiro atoms. The first kappa shape index (κ1) is 27.3. The van der Waals surface area contributed by atoms with Crippen LogP contribution in [0.2, 0.25) is 5.02 Å². The van der Waals surface area contributed by atoms with Gasteiger partial charge in [-0.3, -0.25) is 9.59 Å². The molecule has 2 aliphatic rings. The van der Waals surface area contributed by atoms with Gasteiger partial charge in [0.2, 0.25) is 23.6 Å². The molecule has 0 radical (unpaired) electrons. The maximum Gasteiger partial charge on any atom is 0.225 e. The molecular weight excluding hydrogens is 500 g/mol. The molecule has 0 N–H and O–H groups in total. The van der Waals surface area contributed by atoms with Gasteiger partial charge in [0.1, 0.15) is 18.0 Å². The van der Waals surface area contributed by atoms with Crippen molar-refractivity contribution in [2.24, 2.45) is 0 Å². The molecule has 1 atom stereocenters. The molecule has 2 fully saturated rings. The highest BCUT2D eigenvalue weighted by Gasteiger charge is 2.42. The Kier molecular flexibility index (Phi) is 9.04. The number of aryl methyl sites for hydroxylation is 2. The van der Waals surface area contributed by atoms with Crippen LogP contribution in [0.1, 0.15) is 50.0 Å². The summed E-state index contributed by atoms with van der Waals surface area (Å²) in [5.41, 5.74) is -0.0906. The normalized spacial score (nSPS) is 20.4. The molecular formula is C26H35ClN4O6. The summed E-state index contributed by atoms with van der Waals surface area (Å²) in [7, 11) is 0. The summed E-state index contributed by atoms with van der Waals surface area (Å²) >= 11 is 6.16. The average molecular weight is 535 g/mol. The summed E-state index contributed by atoms with van der Waals surface area (Å²) in [6, 6.07) is 5.41. The molecule has 0 saturated carbocycles. The van der Waals surface area contributed by atoms with Gasteiger partial charge in [0.25, 0.3) is 0 Å². The number of benzene rings is 1. The second kappa shape index (κ2) is 12.2. The molecule has 0 bridgehead atoms. The maximum absolute atomic E-state index is 13.2. The summed E-state index contributed by atoms with van der Waals surface area (Å²) in [6.07, 6.45) is 0.686. The van der Waals surface area contributed by atoms with Gasteiger partial charge in [-0.15, -0.1) is 10.2 Å². The summed E-state index contributed by atoms with van der Waals surface area (Å²) in [6.45, 7) is 9.06. The number of rotatable bonds is 9. The van der Waals surface area contributed by atoms with Crippen molar-refractivity contribution in [3.05, 3.63) is 40.6 Å². The van der Waals surface area contributed by atoms with E-state index in [4.69, 9.17) is 30.2 Å². The lowest BCUT2D eigenvalue weighted by Crippen LogP contribution is -2.58. The fraction of sp³-hybridized carbons (Fsp3) is 0.615. The molecule has 11 heteroatoms. The lowest BCUT2D eigenvalue weighted by atomic mass is 9.96. The number of aromatic nitrogens is 2. The minimum Gasteiger partial charge on any atom is -0.490 e. The second-order valence-electron chi connectivity index (χ2n) is 9.91. The van der Waals surface area contributed by atoms with E-state index in [1.165, 1.54) is 0 Å². The molecule has 4 rings (SSSR count). The van der Waals surface area contributed by atoms with Gasteiger partial charge < -0.3 is 28.4 Å². The molecule has 1 aromatic heterocycles. The van der Waals surface area contributed by atoms with Crippen LogP contribution in [0.25, 0.3) is 0 Å². The van der Waals surface area contributed by atoms with Gasteiger partial charge in [-0.05, 0) is 30.7 Å². The molecule has 3 heterocycles. The molecule has 10 nitrogen and oxygen atoms in total. The highest BCUT2D eigenvalue weighted by Crippen LogP contribution is 2.28. The zero-order valence-electron chi connectivity index (χ0n) is 21.7. The standard InChI is InChI=1S/C26H35ClN4O6/c1-18(2)25-29-28-22(37-25)6-7-23(32)31-10-13-36-26(16-31,15-24(33)30-8-11-34-12-9-30)17-35-20-4-5-21(27)19(3)14-20/h4-5,14,18H,6-13,15-17H2,1-3H3/t26-/m0/s1. The molecule has 2 saturated heterocycles. The number of hydrogen-bond donors (Lipinski definition) is 0. The van der Waals surface area contributed by atoms with Crippen LogP contribution in [0.15, 0.2) is 22.6 Å². The van der Waals surface area contributed by atoms with Gasteiger partial charge in [0.05, 0.1) is 32.8 Å². The van der Waals surface area contributed by atoms with Gasteiger partial charge >= 0.3 is 0 Å². The largest absolute Gasteiger partial charge is 0.490 e. The third-order valence-corrected chi connectivity index (χ3v) is 7.02. The van der Waals surface area contributed by atoms with Crippen molar-refractivity contribution in [2.45, 2.75) is 51.6 Å². The first-order chi connectivity index (χ1) is 17.7. The quantitative estimate of drug-likeness (QED) is 0.483. The van der Waals surface area contributed by atoms with E-state index < -0.39 is 5.60 Å². The predicted molar refractivity (Wildman–Crippen MR) is 136 cm³/mol. The number of ether oxygens (including phenoxy) is 3. The highest BCUT2D eigenvalue weighted by atomic mass is 35.5. The number of amides is 2. The SMILES string of the molecule is Cc1cc(OC[C@]2(CC(=O)N3CCOCC3)CN(C(=O)CCc3nnc(C(C)C)o3)CCO2)ccc1Cl. The Labute approximate surface area is 222 Å². The minimum atomic E-state index is -0.980. The molecule has 2 amide bonds. The van der Waals surface area contributed by atoms with E-state index >= 15 is 0 Å². The van der Waals surface area contributed by atoms with Crippen molar-refractivity contribution < 1.29 is 28.2 Å². The van der Waals surface area contributed by atoms with E-state index in [-0.39, 0.29) is 43.7 Å². The summed E-state index contributed by atoms with van der Waals surface area (Å²) in [5, 5.41) is 8.73.